The predicted molar refractivity (Wildman–Crippen MR) is 70.7 cm³/mol. The summed E-state index contributed by atoms with van der Waals surface area (Å²) in [6, 6.07) is 2.14. The summed E-state index contributed by atoms with van der Waals surface area (Å²) in [5.74, 6) is 1.40. The number of nitrogens with zero attached hydrogens (tertiary/aromatic N) is 2. The molecule has 0 aliphatic carbocycles. The minimum Gasteiger partial charge on any atom is -0.339 e. The summed E-state index contributed by atoms with van der Waals surface area (Å²) in [5.41, 5.74) is 1.35. The molecule has 0 atom stereocenters. The van der Waals surface area contributed by atoms with Crippen molar-refractivity contribution in [1.82, 2.24) is 15.5 Å². The Kier molecular flexibility index (Phi) is 5.61. The van der Waals surface area contributed by atoms with Gasteiger partial charge in [-0.15, -0.1) is 23.7 Å². The van der Waals surface area contributed by atoms with Gasteiger partial charge in [0.2, 0.25) is 5.89 Å². The molecule has 0 amide bonds. The van der Waals surface area contributed by atoms with Gasteiger partial charge in [-0.1, -0.05) is 5.16 Å². The van der Waals surface area contributed by atoms with Crippen molar-refractivity contribution >= 4 is 23.7 Å². The molecule has 94 valence electrons. The van der Waals surface area contributed by atoms with Crippen LogP contribution in [0.4, 0.5) is 0 Å². The highest BCUT2D eigenvalue weighted by Crippen LogP contribution is 2.14. The number of hydrogen-bond acceptors (Lipinski definition) is 5. The third-order valence-electron chi connectivity index (χ3n) is 2.34. The summed E-state index contributed by atoms with van der Waals surface area (Å²) in [6.07, 6.45) is 0.783. The second kappa shape index (κ2) is 6.74. The Morgan fingerprint density at radius 2 is 2.24 bits per heavy atom. The second-order valence-corrected chi connectivity index (χ2v) is 4.69. The molecule has 0 fully saturated rings. The largest absolute Gasteiger partial charge is 0.339 e. The Balaban J connectivity index is 0.00000144. The van der Waals surface area contributed by atoms with Gasteiger partial charge in [0, 0.05) is 24.4 Å². The normalized spacial score (nSPS) is 10.2. The van der Waals surface area contributed by atoms with E-state index in [0.29, 0.717) is 11.7 Å². The van der Waals surface area contributed by atoms with Crippen molar-refractivity contribution in [3.63, 3.8) is 0 Å². The third kappa shape index (κ3) is 4.11. The molecule has 0 aliphatic rings. The molecular weight excluding hydrogens is 258 g/mol. The van der Waals surface area contributed by atoms with Crippen LogP contribution in [0.5, 0.6) is 0 Å². The maximum Gasteiger partial charge on any atom is 0.227 e. The first-order valence-corrected chi connectivity index (χ1v) is 6.16. The minimum atomic E-state index is 0. The van der Waals surface area contributed by atoms with Crippen LogP contribution in [0, 0.1) is 13.8 Å². The van der Waals surface area contributed by atoms with Gasteiger partial charge >= 0.3 is 0 Å². The van der Waals surface area contributed by atoms with E-state index in [1.807, 2.05) is 6.92 Å². The van der Waals surface area contributed by atoms with Crippen LogP contribution in [0.3, 0.4) is 0 Å². The predicted octanol–water partition coefficient (Wildman–Crippen LogP) is 2.50. The lowest BCUT2D eigenvalue weighted by molar-refractivity contribution is 0.372. The van der Waals surface area contributed by atoms with Gasteiger partial charge in [0.05, 0.1) is 0 Å². The van der Waals surface area contributed by atoms with Crippen molar-refractivity contribution in [2.24, 2.45) is 0 Å². The third-order valence-corrected chi connectivity index (χ3v) is 3.36. The average Bonchev–Trinajstić information content (AvgIpc) is 2.83. The molecule has 0 spiro atoms. The molecule has 6 heteroatoms. The van der Waals surface area contributed by atoms with Crippen molar-refractivity contribution in [2.75, 3.05) is 6.54 Å². The molecule has 0 aliphatic heterocycles. The Labute approximate surface area is 111 Å². The molecule has 2 aromatic heterocycles. The van der Waals surface area contributed by atoms with E-state index in [4.69, 9.17) is 4.52 Å². The van der Waals surface area contributed by atoms with E-state index in [9.17, 15) is 0 Å². The Morgan fingerprint density at radius 1 is 1.41 bits per heavy atom. The summed E-state index contributed by atoms with van der Waals surface area (Å²) in [7, 11) is 0. The van der Waals surface area contributed by atoms with Gasteiger partial charge in [-0.25, -0.2) is 0 Å². The van der Waals surface area contributed by atoms with Crippen molar-refractivity contribution < 1.29 is 4.52 Å². The molecule has 0 aromatic carbocycles. The summed E-state index contributed by atoms with van der Waals surface area (Å²) >= 11 is 1.79. The summed E-state index contributed by atoms with van der Waals surface area (Å²) in [4.78, 5) is 5.54. The first kappa shape index (κ1) is 14.2. The highest BCUT2D eigenvalue weighted by Gasteiger charge is 2.02. The highest BCUT2D eigenvalue weighted by atomic mass is 35.5. The van der Waals surface area contributed by atoms with Crippen LogP contribution in [0.1, 0.15) is 22.2 Å². The standard InChI is InChI=1S/C11H15N3OS.ClH/c1-8-4-6-16-10(8)7-12-5-3-11-13-9(2)14-15-11;/h4,6,12H,3,5,7H2,1-2H3;1H. The molecule has 4 nitrogen and oxygen atoms in total. The SMILES string of the molecule is Cc1noc(CCNCc2sccc2C)n1.Cl. The number of halogens is 1. The van der Waals surface area contributed by atoms with Gasteiger partial charge in [0.25, 0.3) is 0 Å². The maximum atomic E-state index is 5.03. The molecular formula is C11H16ClN3OS. The van der Waals surface area contributed by atoms with Crippen LogP contribution < -0.4 is 5.32 Å². The molecule has 2 heterocycles. The van der Waals surface area contributed by atoms with Crippen molar-refractivity contribution in [3.05, 3.63) is 33.6 Å². The number of nitrogens with one attached hydrogen (secondary N) is 1. The van der Waals surface area contributed by atoms with Crippen LogP contribution in [0.25, 0.3) is 0 Å². The number of rotatable bonds is 5. The zero-order valence-electron chi connectivity index (χ0n) is 9.90. The van der Waals surface area contributed by atoms with Crippen LogP contribution in [0.15, 0.2) is 16.0 Å². The second-order valence-electron chi connectivity index (χ2n) is 3.69. The molecule has 0 saturated heterocycles. The van der Waals surface area contributed by atoms with Crippen LogP contribution >= 0.6 is 23.7 Å². The fraction of sp³-hybridized carbons (Fsp3) is 0.455. The van der Waals surface area contributed by atoms with E-state index in [1.54, 1.807) is 11.3 Å². The van der Waals surface area contributed by atoms with Gasteiger partial charge in [-0.2, -0.15) is 4.98 Å². The van der Waals surface area contributed by atoms with Gasteiger partial charge in [-0.05, 0) is 30.9 Å². The Morgan fingerprint density at radius 3 is 2.82 bits per heavy atom. The number of aryl methyl sites for hydroxylation is 2. The number of hydrogen-bond donors (Lipinski definition) is 1. The minimum absolute atomic E-state index is 0. The first-order valence-electron chi connectivity index (χ1n) is 5.28. The number of thiophene rings is 1. The zero-order chi connectivity index (χ0) is 11.4. The van der Waals surface area contributed by atoms with Crippen molar-refractivity contribution in [1.29, 1.82) is 0 Å². The molecule has 2 aromatic rings. The molecule has 0 unspecified atom stereocenters. The van der Waals surface area contributed by atoms with E-state index in [1.165, 1.54) is 10.4 Å². The van der Waals surface area contributed by atoms with Gasteiger partial charge in [0.1, 0.15) is 0 Å². The van der Waals surface area contributed by atoms with E-state index >= 15 is 0 Å². The van der Waals surface area contributed by atoms with Crippen LogP contribution in [-0.2, 0) is 13.0 Å². The lowest BCUT2D eigenvalue weighted by Crippen LogP contribution is -2.16. The maximum absolute atomic E-state index is 5.03. The van der Waals surface area contributed by atoms with Gasteiger partial charge < -0.3 is 9.84 Å². The zero-order valence-corrected chi connectivity index (χ0v) is 11.5. The lowest BCUT2D eigenvalue weighted by Gasteiger charge is -2.01. The van der Waals surface area contributed by atoms with E-state index in [-0.39, 0.29) is 12.4 Å². The van der Waals surface area contributed by atoms with Crippen LogP contribution in [0.2, 0.25) is 0 Å². The van der Waals surface area contributed by atoms with E-state index in [0.717, 1.165) is 19.5 Å². The van der Waals surface area contributed by atoms with Crippen molar-refractivity contribution in [2.45, 2.75) is 26.8 Å². The summed E-state index contributed by atoms with van der Waals surface area (Å²) in [5, 5.41) is 9.24. The monoisotopic (exact) mass is 273 g/mol. The molecule has 2 rings (SSSR count). The first-order chi connectivity index (χ1) is 7.75. The average molecular weight is 274 g/mol. The van der Waals surface area contributed by atoms with E-state index < -0.39 is 0 Å². The highest BCUT2D eigenvalue weighted by molar-refractivity contribution is 7.10. The smallest absolute Gasteiger partial charge is 0.227 e. The Hall–Kier alpha value is -0.910. The van der Waals surface area contributed by atoms with Gasteiger partial charge in [-0.3, -0.25) is 0 Å². The fourth-order valence-corrected chi connectivity index (χ4v) is 2.30. The molecule has 1 N–H and O–H groups in total. The van der Waals surface area contributed by atoms with Gasteiger partial charge in [0.15, 0.2) is 5.82 Å². The summed E-state index contributed by atoms with van der Waals surface area (Å²) < 4.78 is 5.03. The molecule has 17 heavy (non-hydrogen) atoms. The van der Waals surface area contributed by atoms with Crippen LogP contribution in [-0.4, -0.2) is 16.7 Å². The Bertz CT molecular complexity index is 455. The number of aromatic nitrogens is 2. The molecule has 0 bridgehead atoms. The molecule has 0 saturated carbocycles. The fourth-order valence-electron chi connectivity index (χ4n) is 1.42. The lowest BCUT2D eigenvalue weighted by atomic mass is 10.3. The quantitative estimate of drug-likeness (QED) is 0.851. The topological polar surface area (TPSA) is 51.0 Å². The summed E-state index contributed by atoms with van der Waals surface area (Å²) in [6.45, 7) is 5.74. The molecule has 0 radical (unpaired) electrons. The van der Waals surface area contributed by atoms with Crippen molar-refractivity contribution in [3.8, 4) is 0 Å². The van der Waals surface area contributed by atoms with E-state index in [2.05, 4.69) is 33.8 Å².